The fourth-order valence-electron chi connectivity index (χ4n) is 4.14. The highest BCUT2D eigenvalue weighted by atomic mass is 79.9. The Hall–Kier alpha value is -1.71. The highest BCUT2D eigenvalue weighted by molar-refractivity contribution is 9.10. The van der Waals surface area contributed by atoms with Crippen molar-refractivity contribution in [3.8, 4) is 0 Å². The van der Waals surface area contributed by atoms with Crippen LogP contribution in [0.4, 0.5) is 0 Å². The van der Waals surface area contributed by atoms with Crippen LogP contribution in [0.2, 0.25) is 0 Å². The van der Waals surface area contributed by atoms with Crippen molar-refractivity contribution in [3.63, 3.8) is 0 Å². The van der Waals surface area contributed by atoms with Gasteiger partial charge in [0.1, 0.15) is 4.90 Å². The van der Waals surface area contributed by atoms with Gasteiger partial charge < -0.3 is 4.74 Å². The van der Waals surface area contributed by atoms with Gasteiger partial charge in [-0.15, -0.1) is 0 Å². The number of sulfonamides is 1. The molecule has 2 aromatic rings. The zero-order valence-electron chi connectivity index (χ0n) is 17.8. The maximum atomic E-state index is 13.3. The number of carbonyl (C=O) groups excluding carboxylic acids is 1. The molecule has 164 valence electrons. The van der Waals surface area contributed by atoms with Crippen LogP contribution in [0.5, 0.6) is 0 Å². The monoisotopic (exact) mass is 497 g/mol. The van der Waals surface area contributed by atoms with Gasteiger partial charge >= 0.3 is 5.97 Å². The lowest BCUT2D eigenvalue weighted by molar-refractivity contribution is -0.158. The molecule has 1 aliphatic rings. The summed E-state index contributed by atoms with van der Waals surface area (Å²) in [6.45, 7) is 6.10. The van der Waals surface area contributed by atoms with Crippen molar-refractivity contribution in [2.75, 3.05) is 19.7 Å². The number of esters is 1. The van der Waals surface area contributed by atoms with Crippen LogP contribution < -0.4 is 0 Å². The molecule has 7 nitrogen and oxygen atoms in total. The number of carbonyl (C=O) groups is 1. The van der Waals surface area contributed by atoms with Gasteiger partial charge in [0.15, 0.2) is 0 Å². The minimum absolute atomic E-state index is 0.251. The molecule has 1 aromatic heterocycles. The number of halogens is 1. The molecule has 9 heteroatoms. The minimum atomic E-state index is -3.68. The first-order valence-corrected chi connectivity index (χ1v) is 12.3. The van der Waals surface area contributed by atoms with E-state index in [9.17, 15) is 13.2 Å². The fourth-order valence-corrected chi connectivity index (χ4v) is 6.25. The summed E-state index contributed by atoms with van der Waals surface area (Å²) in [7, 11) is -1.94. The molecule has 1 aromatic carbocycles. The molecule has 0 unspecified atom stereocenters. The maximum absolute atomic E-state index is 13.3. The second kappa shape index (κ2) is 8.80. The first-order chi connectivity index (χ1) is 14.1. The molecule has 1 saturated heterocycles. The third kappa shape index (κ3) is 4.33. The van der Waals surface area contributed by atoms with E-state index in [4.69, 9.17) is 4.74 Å². The maximum Gasteiger partial charge on any atom is 0.312 e. The van der Waals surface area contributed by atoms with Gasteiger partial charge in [0.25, 0.3) is 0 Å². The average Bonchev–Trinajstić information content (AvgIpc) is 2.96. The summed E-state index contributed by atoms with van der Waals surface area (Å²) in [5, 5.41) is 4.25. The van der Waals surface area contributed by atoms with Crippen LogP contribution in [-0.4, -0.2) is 48.2 Å². The number of piperidine rings is 1. The number of hydrogen-bond acceptors (Lipinski definition) is 5. The van der Waals surface area contributed by atoms with E-state index in [1.165, 1.54) is 4.31 Å². The molecular weight excluding hydrogens is 470 g/mol. The van der Waals surface area contributed by atoms with E-state index < -0.39 is 15.4 Å². The first-order valence-electron chi connectivity index (χ1n) is 10.0. The summed E-state index contributed by atoms with van der Waals surface area (Å²) >= 11 is 3.43. The van der Waals surface area contributed by atoms with Crippen LogP contribution in [0.1, 0.15) is 36.7 Å². The Morgan fingerprint density at radius 2 is 1.80 bits per heavy atom. The number of benzene rings is 1. The lowest BCUT2D eigenvalue weighted by Crippen LogP contribution is -2.48. The van der Waals surface area contributed by atoms with Crippen molar-refractivity contribution in [2.24, 2.45) is 12.5 Å². The Morgan fingerprint density at radius 3 is 2.30 bits per heavy atom. The van der Waals surface area contributed by atoms with Crippen LogP contribution in [0, 0.1) is 19.3 Å². The zero-order chi connectivity index (χ0) is 22.1. The van der Waals surface area contributed by atoms with Gasteiger partial charge in [0, 0.05) is 24.6 Å². The smallest absolute Gasteiger partial charge is 0.312 e. The molecule has 1 aliphatic heterocycles. The SMILES string of the molecule is CCOC(=O)C1(Cc2ccc(Br)cc2)CCN(S(=O)(=O)c2c(C)nn(C)c2C)CC1. The van der Waals surface area contributed by atoms with E-state index in [1.54, 1.807) is 32.5 Å². The van der Waals surface area contributed by atoms with Crippen molar-refractivity contribution < 1.29 is 17.9 Å². The Bertz CT molecular complexity index is 1020. The van der Waals surface area contributed by atoms with Gasteiger partial charge in [-0.25, -0.2) is 8.42 Å². The largest absolute Gasteiger partial charge is 0.466 e. The third-order valence-corrected chi connectivity index (χ3v) is 8.56. The van der Waals surface area contributed by atoms with E-state index >= 15 is 0 Å². The van der Waals surface area contributed by atoms with Crippen LogP contribution in [0.25, 0.3) is 0 Å². The number of hydrogen-bond donors (Lipinski definition) is 0. The van der Waals surface area contributed by atoms with Crippen molar-refractivity contribution in [1.82, 2.24) is 14.1 Å². The lowest BCUT2D eigenvalue weighted by Gasteiger charge is -2.39. The predicted molar refractivity (Wildman–Crippen MR) is 118 cm³/mol. The standard InChI is InChI=1S/C21H28BrN3O4S/c1-5-29-20(26)21(14-17-6-8-18(22)9-7-17)10-12-25(13-11-21)30(27,28)19-15(2)23-24(4)16(19)3/h6-9H,5,10-14H2,1-4H3. The van der Waals surface area contributed by atoms with Crippen LogP contribution in [0.15, 0.2) is 33.6 Å². The summed E-state index contributed by atoms with van der Waals surface area (Å²) in [6, 6.07) is 7.86. The Kier molecular flexibility index (Phi) is 6.74. The number of aromatic nitrogens is 2. The topological polar surface area (TPSA) is 81.5 Å². The normalized spacial score (nSPS) is 17.1. The van der Waals surface area contributed by atoms with Gasteiger partial charge in [-0.2, -0.15) is 9.40 Å². The number of ether oxygens (including phenoxy) is 1. The first kappa shape index (κ1) is 23.0. The van der Waals surface area contributed by atoms with E-state index in [2.05, 4.69) is 21.0 Å². The van der Waals surface area contributed by atoms with Gasteiger partial charge in [0.05, 0.1) is 23.4 Å². The Balaban J connectivity index is 1.85. The van der Waals surface area contributed by atoms with Crippen LogP contribution >= 0.6 is 15.9 Å². The Labute approximate surface area is 186 Å². The molecule has 1 fully saturated rings. The molecule has 0 amide bonds. The van der Waals surface area contributed by atoms with Crippen LogP contribution in [-0.2, 0) is 33.0 Å². The highest BCUT2D eigenvalue weighted by Gasteiger charge is 2.45. The zero-order valence-corrected chi connectivity index (χ0v) is 20.2. The second-order valence-electron chi connectivity index (χ2n) is 7.83. The molecule has 0 saturated carbocycles. The predicted octanol–water partition coefficient (Wildman–Crippen LogP) is 3.38. The quantitative estimate of drug-likeness (QED) is 0.571. The van der Waals surface area contributed by atoms with E-state index in [0.29, 0.717) is 37.3 Å². The molecule has 0 aliphatic carbocycles. The van der Waals surface area contributed by atoms with Gasteiger partial charge in [-0.05, 0) is 57.7 Å². The average molecular weight is 498 g/mol. The molecule has 30 heavy (non-hydrogen) atoms. The number of nitrogens with zero attached hydrogens (tertiary/aromatic N) is 3. The van der Waals surface area contributed by atoms with E-state index in [-0.39, 0.29) is 24.0 Å². The highest BCUT2D eigenvalue weighted by Crippen LogP contribution is 2.39. The van der Waals surface area contributed by atoms with Gasteiger partial charge in [-0.1, -0.05) is 28.1 Å². The van der Waals surface area contributed by atoms with Gasteiger partial charge in [-0.3, -0.25) is 9.48 Å². The molecule has 3 rings (SSSR count). The van der Waals surface area contributed by atoms with Crippen molar-refractivity contribution in [1.29, 1.82) is 0 Å². The lowest BCUT2D eigenvalue weighted by atomic mass is 9.74. The summed E-state index contributed by atoms with van der Waals surface area (Å²) in [6.07, 6.45) is 1.36. The molecule has 0 bridgehead atoms. The van der Waals surface area contributed by atoms with Gasteiger partial charge in [0.2, 0.25) is 10.0 Å². The molecule has 0 radical (unpaired) electrons. The third-order valence-electron chi connectivity index (χ3n) is 5.88. The van der Waals surface area contributed by atoms with Crippen molar-refractivity contribution >= 4 is 31.9 Å². The summed E-state index contributed by atoms with van der Waals surface area (Å²) in [5.41, 5.74) is 1.41. The van der Waals surface area contributed by atoms with E-state index in [0.717, 1.165) is 10.0 Å². The summed E-state index contributed by atoms with van der Waals surface area (Å²) < 4.78 is 36.0. The molecule has 0 atom stereocenters. The molecule has 0 spiro atoms. The minimum Gasteiger partial charge on any atom is -0.466 e. The molecule has 0 N–H and O–H groups in total. The summed E-state index contributed by atoms with van der Waals surface area (Å²) in [4.78, 5) is 13.2. The van der Waals surface area contributed by atoms with E-state index in [1.807, 2.05) is 24.3 Å². The van der Waals surface area contributed by atoms with Crippen molar-refractivity contribution in [3.05, 3.63) is 45.7 Å². The fraction of sp³-hybridized carbons (Fsp3) is 0.524. The van der Waals surface area contributed by atoms with Crippen molar-refractivity contribution in [2.45, 2.75) is 44.9 Å². The van der Waals surface area contributed by atoms with Crippen LogP contribution in [0.3, 0.4) is 0 Å². The number of rotatable bonds is 6. The molecule has 2 heterocycles. The Morgan fingerprint density at radius 1 is 1.20 bits per heavy atom. The number of aryl methyl sites for hydroxylation is 2. The summed E-state index contributed by atoms with van der Waals surface area (Å²) in [5.74, 6) is -0.251. The molecular formula is C21H28BrN3O4S. The second-order valence-corrected chi connectivity index (χ2v) is 10.6.